The molecule has 0 saturated heterocycles. The minimum Gasteiger partial charge on any atom is -0.436 e. The number of halogens is 1. The van der Waals surface area contributed by atoms with Gasteiger partial charge in [0.25, 0.3) is 5.91 Å². The summed E-state index contributed by atoms with van der Waals surface area (Å²) < 4.78 is 5.86. The van der Waals surface area contributed by atoms with Crippen molar-refractivity contribution < 1.29 is 14.3 Å². The van der Waals surface area contributed by atoms with Gasteiger partial charge < -0.3 is 15.0 Å². The first-order valence-electron chi connectivity index (χ1n) is 9.67. The Bertz CT molecular complexity index is 1090. The van der Waals surface area contributed by atoms with Gasteiger partial charge in [-0.05, 0) is 48.4 Å². The summed E-state index contributed by atoms with van der Waals surface area (Å²) in [5.74, 6) is 0.580. The lowest BCUT2D eigenvalue weighted by atomic mass is 10.2. The van der Waals surface area contributed by atoms with Crippen LogP contribution in [-0.2, 0) is 11.3 Å². The zero-order valence-corrected chi connectivity index (χ0v) is 16.9. The van der Waals surface area contributed by atoms with Gasteiger partial charge in [-0.25, -0.2) is 4.98 Å². The van der Waals surface area contributed by atoms with E-state index in [0.29, 0.717) is 48.0 Å². The second-order valence-electron chi connectivity index (χ2n) is 6.89. The number of aromatic nitrogens is 1. The molecule has 2 aromatic carbocycles. The highest BCUT2D eigenvalue weighted by Gasteiger charge is 2.28. The van der Waals surface area contributed by atoms with Gasteiger partial charge in [-0.3, -0.25) is 9.59 Å². The van der Waals surface area contributed by atoms with Gasteiger partial charge in [-0.15, -0.1) is 0 Å². The van der Waals surface area contributed by atoms with E-state index in [1.54, 1.807) is 35.4 Å². The predicted octanol–water partition coefficient (Wildman–Crippen LogP) is 4.58. The van der Waals surface area contributed by atoms with Crippen molar-refractivity contribution in [2.24, 2.45) is 0 Å². The molecule has 4 rings (SSSR count). The maximum Gasteiger partial charge on any atom is 0.263 e. The summed E-state index contributed by atoms with van der Waals surface area (Å²) in [4.78, 5) is 31.2. The van der Waals surface area contributed by atoms with Gasteiger partial charge in [-0.2, -0.15) is 0 Å². The van der Waals surface area contributed by atoms with Crippen LogP contribution in [0.5, 0.6) is 11.6 Å². The van der Waals surface area contributed by atoms with Crippen molar-refractivity contribution in [3.05, 3.63) is 83.0 Å². The van der Waals surface area contributed by atoms with Gasteiger partial charge in [0.1, 0.15) is 5.56 Å². The Morgan fingerprint density at radius 3 is 2.83 bits per heavy atom. The fourth-order valence-corrected chi connectivity index (χ4v) is 3.53. The third kappa shape index (κ3) is 4.44. The van der Waals surface area contributed by atoms with Crippen molar-refractivity contribution in [1.82, 2.24) is 10.3 Å². The number of nitrogens with one attached hydrogen (secondary N) is 1. The van der Waals surface area contributed by atoms with E-state index >= 15 is 0 Å². The molecule has 0 bridgehead atoms. The fraction of sp³-hybridized carbons (Fsp3) is 0.174. The van der Waals surface area contributed by atoms with E-state index in [-0.39, 0.29) is 17.7 Å². The van der Waals surface area contributed by atoms with Crippen LogP contribution in [0.25, 0.3) is 0 Å². The first kappa shape index (κ1) is 19.9. The first-order valence-corrected chi connectivity index (χ1v) is 10.0. The van der Waals surface area contributed by atoms with Gasteiger partial charge in [0, 0.05) is 30.7 Å². The molecule has 1 aromatic heterocycles. The van der Waals surface area contributed by atoms with Gasteiger partial charge in [0.2, 0.25) is 11.8 Å². The summed E-state index contributed by atoms with van der Waals surface area (Å²) in [7, 11) is 0. The van der Waals surface area contributed by atoms with Crippen molar-refractivity contribution in [1.29, 1.82) is 0 Å². The predicted molar refractivity (Wildman–Crippen MR) is 115 cm³/mol. The summed E-state index contributed by atoms with van der Waals surface area (Å²) in [6.07, 6.45) is 2.40. The minimum absolute atomic E-state index is 0.0798. The summed E-state index contributed by atoms with van der Waals surface area (Å²) >= 11 is 5.97. The molecule has 0 fully saturated rings. The third-order valence-corrected chi connectivity index (χ3v) is 5.01. The average molecular weight is 422 g/mol. The Morgan fingerprint density at radius 1 is 1.10 bits per heavy atom. The number of ether oxygens (including phenoxy) is 1. The number of carbonyl (C=O) groups excluding carboxylic acids is 2. The van der Waals surface area contributed by atoms with Crippen molar-refractivity contribution in [2.75, 3.05) is 11.4 Å². The molecule has 7 heteroatoms. The maximum absolute atomic E-state index is 13.1. The quantitative estimate of drug-likeness (QED) is 0.632. The molecule has 3 aromatic rings. The van der Waals surface area contributed by atoms with Crippen LogP contribution >= 0.6 is 11.6 Å². The molecule has 0 unspecified atom stereocenters. The van der Waals surface area contributed by atoms with Crippen LogP contribution in [0.4, 0.5) is 5.69 Å². The molecule has 1 N–H and O–H groups in total. The monoisotopic (exact) mass is 421 g/mol. The van der Waals surface area contributed by atoms with Crippen molar-refractivity contribution in [3.63, 3.8) is 0 Å². The number of anilines is 1. The summed E-state index contributed by atoms with van der Waals surface area (Å²) in [6, 6.07) is 18.1. The summed E-state index contributed by atoms with van der Waals surface area (Å²) in [5, 5.41) is 3.52. The summed E-state index contributed by atoms with van der Waals surface area (Å²) in [5.41, 5.74) is 2.01. The lowest BCUT2D eigenvalue weighted by molar-refractivity contribution is -0.121. The molecular formula is C23H20ClN3O3. The number of nitrogens with zero attached hydrogens (tertiary/aromatic N) is 2. The molecule has 0 radical (unpaired) electrons. The number of benzene rings is 2. The number of hydrogen-bond donors (Lipinski definition) is 1. The zero-order valence-electron chi connectivity index (χ0n) is 16.2. The highest BCUT2D eigenvalue weighted by Crippen LogP contribution is 2.37. The van der Waals surface area contributed by atoms with E-state index < -0.39 is 0 Å². The second-order valence-corrected chi connectivity index (χ2v) is 7.33. The lowest BCUT2D eigenvalue weighted by Crippen LogP contribution is -2.32. The highest BCUT2D eigenvalue weighted by molar-refractivity contribution is 6.30. The maximum atomic E-state index is 13.1. The Balaban J connectivity index is 1.41. The van der Waals surface area contributed by atoms with Crippen LogP contribution in [-0.4, -0.2) is 23.3 Å². The molecule has 2 heterocycles. The van der Waals surface area contributed by atoms with Gasteiger partial charge in [0.15, 0.2) is 5.75 Å². The van der Waals surface area contributed by atoms with Crippen LogP contribution in [0.3, 0.4) is 0 Å². The fourth-order valence-electron chi connectivity index (χ4n) is 3.32. The van der Waals surface area contributed by atoms with E-state index in [9.17, 15) is 9.59 Å². The second kappa shape index (κ2) is 8.97. The molecule has 0 spiro atoms. The van der Waals surface area contributed by atoms with E-state index in [0.717, 1.165) is 5.56 Å². The number of carbonyl (C=O) groups is 2. The Hall–Kier alpha value is -3.38. The van der Waals surface area contributed by atoms with Crippen LogP contribution in [0.2, 0.25) is 5.02 Å². The molecule has 2 amide bonds. The van der Waals surface area contributed by atoms with E-state index in [2.05, 4.69) is 10.3 Å². The number of para-hydroxylation sites is 2. The zero-order chi connectivity index (χ0) is 20.9. The number of fused-ring (bicyclic) bond motifs is 2. The standard InChI is InChI=1S/C23H20ClN3O3/c24-17-7-3-6-16(14-17)15-26-21(28)11-5-13-27-19-9-1-2-10-20(19)30-22-18(23(27)29)8-4-12-25-22/h1-4,6-10,12,14H,5,11,13,15H2,(H,26,28). The lowest BCUT2D eigenvalue weighted by Gasteiger charge is -2.21. The molecule has 6 nitrogen and oxygen atoms in total. The number of rotatable bonds is 6. The number of amides is 2. The largest absolute Gasteiger partial charge is 0.436 e. The average Bonchev–Trinajstić information content (AvgIpc) is 2.87. The van der Waals surface area contributed by atoms with Crippen LogP contribution < -0.4 is 15.0 Å². The molecule has 30 heavy (non-hydrogen) atoms. The Morgan fingerprint density at radius 2 is 1.97 bits per heavy atom. The SMILES string of the molecule is O=C(CCCN1C(=O)c2cccnc2Oc2ccccc21)NCc1cccc(Cl)c1. The number of hydrogen-bond acceptors (Lipinski definition) is 4. The normalized spacial score (nSPS) is 12.4. The van der Waals surface area contributed by atoms with Gasteiger partial charge >= 0.3 is 0 Å². The Kier molecular flexibility index (Phi) is 5.95. The topological polar surface area (TPSA) is 71.5 Å². The molecule has 1 aliphatic heterocycles. The number of pyridine rings is 1. The first-order chi connectivity index (χ1) is 14.6. The Labute approximate surface area is 179 Å². The molecule has 0 atom stereocenters. The molecular weight excluding hydrogens is 402 g/mol. The van der Waals surface area contributed by atoms with Gasteiger partial charge in [0.05, 0.1) is 5.69 Å². The molecule has 0 aliphatic carbocycles. The van der Waals surface area contributed by atoms with Crippen molar-refractivity contribution in [3.8, 4) is 11.6 Å². The minimum atomic E-state index is -0.192. The van der Waals surface area contributed by atoms with E-state index in [1.807, 2.05) is 36.4 Å². The highest BCUT2D eigenvalue weighted by atomic mass is 35.5. The van der Waals surface area contributed by atoms with Gasteiger partial charge in [-0.1, -0.05) is 35.9 Å². The van der Waals surface area contributed by atoms with Crippen LogP contribution in [0, 0.1) is 0 Å². The van der Waals surface area contributed by atoms with Crippen LogP contribution in [0.1, 0.15) is 28.8 Å². The van der Waals surface area contributed by atoms with Crippen LogP contribution in [0.15, 0.2) is 66.9 Å². The molecule has 152 valence electrons. The molecule has 1 aliphatic rings. The summed E-state index contributed by atoms with van der Waals surface area (Å²) in [6.45, 7) is 0.801. The van der Waals surface area contributed by atoms with E-state index in [1.165, 1.54) is 0 Å². The van der Waals surface area contributed by atoms with Crippen molar-refractivity contribution >= 4 is 29.1 Å². The third-order valence-electron chi connectivity index (χ3n) is 4.77. The van der Waals surface area contributed by atoms with E-state index in [4.69, 9.17) is 16.3 Å². The molecule has 0 saturated carbocycles. The smallest absolute Gasteiger partial charge is 0.263 e. The van der Waals surface area contributed by atoms with Crippen molar-refractivity contribution in [2.45, 2.75) is 19.4 Å².